The molecule has 140 valence electrons. The lowest BCUT2D eigenvalue weighted by atomic mass is 9.69. The number of amides is 1. The Balaban J connectivity index is 0.00000182. The Labute approximate surface area is 156 Å². The zero-order chi connectivity index (χ0) is 16.5. The Morgan fingerprint density at radius 3 is 2.40 bits per heavy atom. The topological polar surface area (TPSA) is 50.2 Å². The lowest BCUT2D eigenvalue weighted by molar-refractivity contribution is -0.147. The first-order valence-electron chi connectivity index (χ1n) is 9.75. The van der Waals surface area contributed by atoms with Gasteiger partial charge in [-0.15, -0.1) is 12.4 Å². The third kappa shape index (κ3) is 3.45. The van der Waals surface area contributed by atoms with Gasteiger partial charge in [-0.25, -0.2) is 0 Å². The molecule has 2 aliphatic heterocycles. The van der Waals surface area contributed by atoms with Crippen LogP contribution in [0.25, 0.3) is 0 Å². The molecule has 6 heteroatoms. The van der Waals surface area contributed by atoms with Crippen LogP contribution in [0.1, 0.15) is 57.8 Å². The fraction of sp³-hybridized carbons (Fsp3) is 0.789. The van der Waals surface area contributed by atoms with Crippen molar-refractivity contribution in [1.82, 2.24) is 20.0 Å². The molecule has 5 nitrogen and oxygen atoms in total. The van der Waals surface area contributed by atoms with Gasteiger partial charge in [-0.05, 0) is 63.1 Å². The summed E-state index contributed by atoms with van der Waals surface area (Å²) in [6.45, 7) is 3.69. The van der Waals surface area contributed by atoms with Gasteiger partial charge in [0.15, 0.2) is 0 Å². The molecule has 0 radical (unpaired) electrons. The van der Waals surface area contributed by atoms with Crippen LogP contribution in [0.3, 0.4) is 0 Å². The summed E-state index contributed by atoms with van der Waals surface area (Å²) in [5.74, 6) is 0.317. The van der Waals surface area contributed by atoms with Gasteiger partial charge in [-0.2, -0.15) is 5.10 Å². The molecule has 3 fully saturated rings. The molecule has 25 heavy (non-hydrogen) atoms. The average Bonchev–Trinajstić information content (AvgIpc) is 3.18. The number of carbonyl (C=O) groups excluding carboxylic acids is 1. The Kier molecular flexibility index (Phi) is 5.74. The van der Waals surface area contributed by atoms with Gasteiger partial charge in [-0.1, -0.05) is 19.3 Å². The van der Waals surface area contributed by atoms with Crippen molar-refractivity contribution in [1.29, 1.82) is 0 Å². The third-order valence-electron chi connectivity index (χ3n) is 6.63. The summed E-state index contributed by atoms with van der Waals surface area (Å²) in [6, 6.07) is 1.94. The molecular formula is C19H31ClN4O. The molecular weight excluding hydrogens is 336 g/mol. The van der Waals surface area contributed by atoms with Crippen molar-refractivity contribution < 1.29 is 4.79 Å². The predicted molar refractivity (Wildman–Crippen MR) is 101 cm³/mol. The van der Waals surface area contributed by atoms with Crippen LogP contribution in [-0.4, -0.2) is 46.8 Å². The molecule has 0 bridgehead atoms. The number of likely N-dealkylation sites (tertiary alicyclic amines) is 1. The van der Waals surface area contributed by atoms with E-state index in [4.69, 9.17) is 0 Å². The van der Waals surface area contributed by atoms with Gasteiger partial charge in [-0.3, -0.25) is 9.48 Å². The molecule has 1 N–H and O–H groups in total. The van der Waals surface area contributed by atoms with E-state index in [2.05, 4.69) is 15.3 Å². The largest absolute Gasteiger partial charge is 0.340 e. The van der Waals surface area contributed by atoms with E-state index in [1.54, 1.807) is 6.20 Å². The second kappa shape index (κ2) is 7.67. The Hall–Kier alpha value is -1.07. The number of aromatic nitrogens is 2. The van der Waals surface area contributed by atoms with E-state index in [9.17, 15) is 4.79 Å². The van der Waals surface area contributed by atoms with Crippen LogP contribution in [0.4, 0.5) is 0 Å². The molecule has 1 aromatic heterocycles. The van der Waals surface area contributed by atoms with E-state index in [1.165, 1.54) is 44.9 Å². The van der Waals surface area contributed by atoms with E-state index in [0.717, 1.165) is 39.0 Å². The summed E-state index contributed by atoms with van der Waals surface area (Å²) in [7, 11) is 0. The monoisotopic (exact) mass is 366 g/mol. The normalized spacial score (nSPS) is 25.4. The van der Waals surface area contributed by atoms with Gasteiger partial charge in [0, 0.05) is 25.5 Å². The summed E-state index contributed by atoms with van der Waals surface area (Å²) in [6.07, 6.45) is 14.6. The first kappa shape index (κ1) is 18.7. The third-order valence-corrected chi connectivity index (χ3v) is 6.63. The standard InChI is InChI=1S/C19H30N4O.ClH/c24-17(19(9-12-20-13-10-19)23-15-5-11-21-23)22-14-4-8-18(16-22)6-2-1-3-7-18;/h5,11,15,20H,1-4,6-10,12-14,16H2;1H. The molecule has 3 aliphatic rings. The van der Waals surface area contributed by atoms with E-state index in [-0.39, 0.29) is 12.4 Å². The van der Waals surface area contributed by atoms with E-state index in [1.807, 2.05) is 16.9 Å². The average molecular weight is 367 g/mol. The van der Waals surface area contributed by atoms with Gasteiger partial charge in [0.05, 0.1) is 0 Å². The van der Waals surface area contributed by atoms with Crippen LogP contribution < -0.4 is 5.32 Å². The molecule has 2 saturated heterocycles. The van der Waals surface area contributed by atoms with Crippen LogP contribution in [0.15, 0.2) is 18.5 Å². The summed E-state index contributed by atoms with van der Waals surface area (Å²) in [5.41, 5.74) is -0.0632. The van der Waals surface area contributed by atoms with E-state index in [0.29, 0.717) is 11.3 Å². The summed E-state index contributed by atoms with van der Waals surface area (Å²) < 4.78 is 1.94. The SMILES string of the molecule is Cl.O=C(N1CCCC2(CCCCC2)C1)C1(n2cccn2)CCNCC1. The molecule has 1 amide bonds. The number of hydrogen-bond acceptors (Lipinski definition) is 3. The van der Waals surface area contributed by atoms with Gasteiger partial charge in [0.1, 0.15) is 5.54 Å². The number of hydrogen-bond donors (Lipinski definition) is 1. The van der Waals surface area contributed by atoms with Gasteiger partial charge >= 0.3 is 0 Å². The van der Waals surface area contributed by atoms with Crippen LogP contribution in [0.2, 0.25) is 0 Å². The molecule has 3 heterocycles. The molecule has 1 saturated carbocycles. The maximum Gasteiger partial charge on any atom is 0.250 e. The molecule has 1 aromatic rings. The quantitative estimate of drug-likeness (QED) is 0.875. The predicted octanol–water partition coefficient (Wildman–Crippen LogP) is 2.96. The van der Waals surface area contributed by atoms with Gasteiger partial charge in [0.25, 0.3) is 5.91 Å². The number of nitrogens with zero attached hydrogens (tertiary/aromatic N) is 3. The van der Waals surface area contributed by atoms with Crippen molar-refractivity contribution in [2.75, 3.05) is 26.2 Å². The maximum atomic E-state index is 13.6. The van der Waals surface area contributed by atoms with Gasteiger partial charge < -0.3 is 10.2 Å². The molecule has 0 aromatic carbocycles. The van der Waals surface area contributed by atoms with Crippen LogP contribution in [0.5, 0.6) is 0 Å². The smallest absolute Gasteiger partial charge is 0.250 e. The van der Waals surface area contributed by atoms with Crippen molar-refractivity contribution in [2.24, 2.45) is 5.41 Å². The highest BCUT2D eigenvalue weighted by Gasteiger charge is 2.47. The molecule has 0 unspecified atom stereocenters. The van der Waals surface area contributed by atoms with Crippen molar-refractivity contribution in [2.45, 2.75) is 63.3 Å². The van der Waals surface area contributed by atoms with Crippen LogP contribution in [0, 0.1) is 5.41 Å². The fourth-order valence-electron chi connectivity index (χ4n) is 5.29. The van der Waals surface area contributed by atoms with Crippen molar-refractivity contribution in [3.63, 3.8) is 0 Å². The highest BCUT2D eigenvalue weighted by molar-refractivity contribution is 5.85. The number of rotatable bonds is 2. The first-order chi connectivity index (χ1) is 11.7. The van der Waals surface area contributed by atoms with Crippen molar-refractivity contribution >= 4 is 18.3 Å². The van der Waals surface area contributed by atoms with E-state index >= 15 is 0 Å². The van der Waals surface area contributed by atoms with Crippen molar-refractivity contribution in [3.8, 4) is 0 Å². The molecule has 4 rings (SSSR count). The number of halogens is 1. The zero-order valence-corrected chi connectivity index (χ0v) is 15.9. The first-order valence-corrected chi connectivity index (χ1v) is 9.75. The zero-order valence-electron chi connectivity index (χ0n) is 15.1. The maximum absolute atomic E-state index is 13.6. The van der Waals surface area contributed by atoms with Crippen LogP contribution >= 0.6 is 12.4 Å². The molecule has 1 spiro atoms. The number of piperidine rings is 2. The number of nitrogens with one attached hydrogen (secondary N) is 1. The fourth-order valence-corrected chi connectivity index (χ4v) is 5.29. The lowest BCUT2D eigenvalue weighted by Crippen LogP contribution is -2.58. The van der Waals surface area contributed by atoms with Gasteiger partial charge in [0.2, 0.25) is 0 Å². The Morgan fingerprint density at radius 2 is 1.72 bits per heavy atom. The summed E-state index contributed by atoms with van der Waals surface area (Å²) >= 11 is 0. The second-order valence-electron chi connectivity index (χ2n) is 8.12. The molecule has 1 aliphatic carbocycles. The second-order valence-corrected chi connectivity index (χ2v) is 8.12. The summed E-state index contributed by atoms with van der Waals surface area (Å²) in [5, 5.41) is 7.88. The minimum absolute atomic E-state index is 0. The van der Waals surface area contributed by atoms with E-state index < -0.39 is 5.54 Å². The Morgan fingerprint density at radius 1 is 1.00 bits per heavy atom. The lowest BCUT2D eigenvalue weighted by Gasteiger charge is -2.48. The minimum Gasteiger partial charge on any atom is -0.340 e. The summed E-state index contributed by atoms with van der Waals surface area (Å²) in [4.78, 5) is 15.8. The molecule has 0 atom stereocenters. The highest BCUT2D eigenvalue weighted by Crippen LogP contribution is 2.44. The highest BCUT2D eigenvalue weighted by atomic mass is 35.5. The minimum atomic E-state index is -0.470. The van der Waals surface area contributed by atoms with Crippen molar-refractivity contribution in [3.05, 3.63) is 18.5 Å². The number of carbonyl (C=O) groups is 1. The van der Waals surface area contributed by atoms with Crippen LogP contribution in [-0.2, 0) is 10.3 Å². The Bertz CT molecular complexity index is 556.